The number of carbonyl (C=O) groups excluding carboxylic acids is 2. The summed E-state index contributed by atoms with van der Waals surface area (Å²) < 4.78 is 5.22. The molecular weight excluding hydrogens is 252 g/mol. The molecule has 0 saturated heterocycles. The van der Waals surface area contributed by atoms with Crippen molar-refractivity contribution in [3.05, 3.63) is 29.3 Å². The molecule has 0 aliphatic heterocycles. The van der Waals surface area contributed by atoms with E-state index in [0.717, 1.165) is 18.6 Å². The monoisotopic (exact) mass is 272 g/mol. The lowest BCUT2D eigenvalue weighted by Gasteiger charge is -2.32. The lowest BCUT2D eigenvalue weighted by atomic mass is 9.71. The van der Waals surface area contributed by atoms with Crippen LogP contribution in [0.1, 0.15) is 49.7 Å². The standard InChI is InChI=1S/C17H20O3/c1-17(15(18)5-6-16(17)19)8-7-11-9-12-10-13(20-2)3-4-14(11)12/h3-4,10-11H,5-9H2,1-2H3. The van der Waals surface area contributed by atoms with Crippen LogP contribution < -0.4 is 4.74 Å². The molecule has 1 atom stereocenters. The number of benzene rings is 1. The lowest BCUT2D eigenvalue weighted by Crippen LogP contribution is -2.30. The fourth-order valence-electron chi connectivity index (χ4n) is 3.46. The minimum Gasteiger partial charge on any atom is -0.497 e. The first-order valence-corrected chi connectivity index (χ1v) is 7.28. The van der Waals surface area contributed by atoms with Gasteiger partial charge in [0.1, 0.15) is 17.3 Å². The Labute approximate surface area is 119 Å². The van der Waals surface area contributed by atoms with Crippen LogP contribution in [0.3, 0.4) is 0 Å². The van der Waals surface area contributed by atoms with Crippen LogP contribution >= 0.6 is 0 Å². The molecule has 1 fully saturated rings. The number of methoxy groups -OCH3 is 1. The zero-order valence-corrected chi connectivity index (χ0v) is 12.1. The molecule has 1 aromatic rings. The highest BCUT2D eigenvalue weighted by Gasteiger charge is 2.45. The number of hydrogen-bond acceptors (Lipinski definition) is 3. The van der Waals surface area contributed by atoms with Gasteiger partial charge in [-0.25, -0.2) is 0 Å². The Balaban J connectivity index is 1.66. The summed E-state index contributed by atoms with van der Waals surface area (Å²) in [6.45, 7) is 1.83. The van der Waals surface area contributed by atoms with Gasteiger partial charge in [-0.05, 0) is 55.4 Å². The van der Waals surface area contributed by atoms with E-state index < -0.39 is 5.41 Å². The lowest BCUT2D eigenvalue weighted by molar-refractivity contribution is -0.134. The first-order chi connectivity index (χ1) is 9.54. The minimum absolute atomic E-state index is 0.136. The van der Waals surface area contributed by atoms with Crippen LogP contribution in [0.15, 0.2) is 18.2 Å². The molecule has 1 aromatic carbocycles. The second kappa shape index (κ2) is 4.72. The Morgan fingerprint density at radius 1 is 1.25 bits per heavy atom. The summed E-state index contributed by atoms with van der Waals surface area (Å²) in [5, 5.41) is 0. The second-order valence-electron chi connectivity index (χ2n) is 6.18. The molecule has 2 aliphatic rings. The van der Waals surface area contributed by atoms with Gasteiger partial charge in [0.2, 0.25) is 0 Å². The highest BCUT2D eigenvalue weighted by Crippen LogP contribution is 2.44. The van der Waals surface area contributed by atoms with Crippen LogP contribution in [0.5, 0.6) is 5.75 Å². The van der Waals surface area contributed by atoms with E-state index in [1.54, 1.807) is 7.11 Å². The summed E-state index contributed by atoms with van der Waals surface area (Å²) in [6, 6.07) is 6.18. The van der Waals surface area contributed by atoms with Gasteiger partial charge in [0, 0.05) is 12.8 Å². The van der Waals surface area contributed by atoms with Crippen LogP contribution in [0.25, 0.3) is 0 Å². The van der Waals surface area contributed by atoms with Gasteiger partial charge in [-0.15, -0.1) is 0 Å². The SMILES string of the molecule is COc1ccc2c(c1)CC2CCC1(C)C(=O)CCC1=O. The summed E-state index contributed by atoms with van der Waals surface area (Å²) >= 11 is 0. The number of Topliss-reactive ketones (excluding diaryl/α,β-unsaturated/α-hetero) is 2. The van der Waals surface area contributed by atoms with Gasteiger partial charge in [-0.1, -0.05) is 6.07 Å². The highest BCUT2D eigenvalue weighted by molar-refractivity contribution is 6.12. The van der Waals surface area contributed by atoms with Gasteiger partial charge in [-0.3, -0.25) is 9.59 Å². The van der Waals surface area contributed by atoms with Crippen LogP contribution in [-0.2, 0) is 16.0 Å². The summed E-state index contributed by atoms with van der Waals surface area (Å²) in [5.74, 6) is 1.66. The molecule has 1 saturated carbocycles. The number of ketones is 2. The van der Waals surface area contributed by atoms with Crippen molar-refractivity contribution in [3.8, 4) is 5.75 Å². The van der Waals surface area contributed by atoms with E-state index in [9.17, 15) is 9.59 Å². The fraction of sp³-hybridized carbons (Fsp3) is 0.529. The van der Waals surface area contributed by atoms with Crippen molar-refractivity contribution >= 4 is 11.6 Å². The zero-order chi connectivity index (χ0) is 14.3. The van der Waals surface area contributed by atoms with Gasteiger partial charge >= 0.3 is 0 Å². The number of carbonyl (C=O) groups is 2. The molecular formula is C17H20O3. The van der Waals surface area contributed by atoms with Crippen molar-refractivity contribution in [2.24, 2.45) is 5.41 Å². The van der Waals surface area contributed by atoms with Crippen molar-refractivity contribution in [2.75, 3.05) is 7.11 Å². The summed E-state index contributed by atoms with van der Waals surface area (Å²) in [5.41, 5.74) is 1.98. The van der Waals surface area contributed by atoms with Crippen molar-refractivity contribution in [2.45, 2.75) is 44.9 Å². The van der Waals surface area contributed by atoms with Gasteiger partial charge in [0.25, 0.3) is 0 Å². The van der Waals surface area contributed by atoms with Crippen LogP contribution in [0.2, 0.25) is 0 Å². The van der Waals surface area contributed by atoms with E-state index in [1.807, 2.05) is 13.0 Å². The molecule has 0 N–H and O–H groups in total. The average molecular weight is 272 g/mol. The molecule has 0 aromatic heterocycles. The van der Waals surface area contributed by atoms with E-state index in [-0.39, 0.29) is 11.6 Å². The Bertz CT molecular complexity index is 558. The molecule has 0 spiro atoms. The van der Waals surface area contributed by atoms with Crippen LogP contribution in [-0.4, -0.2) is 18.7 Å². The maximum atomic E-state index is 11.9. The Morgan fingerprint density at radius 3 is 2.55 bits per heavy atom. The van der Waals surface area contributed by atoms with E-state index in [2.05, 4.69) is 12.1 Å². The van der Waals surface area contributed by atoms with E-state index in [0.29, 0.717) is 25.2 Å². The smallest absolute Gasteiger partial charge is 0.146 e. The van der Waals surface area contributed by atoms with Gasteiger partial charge in [-0.2, -0.15) is 0 Å². The fourth-order valence-corrected chi connectivity index (χ4v) is 3.46. The molecule has 2 aliphatic carbocycles. The number of ether oxygens (including phenoxy) is 1. The second-order valence-corrected chi connectivity index (χ2v) is 6.18. The normalized spacial score (nSPS) is 23.4. The Morgan fingerprint density at radius 2 is 1.95 bits per heavy atom. The van der Waals surface area contributed by atoms with E-state index in [4.69, 9.17) is 4.74 Å². The Hall–Kier alpha value is -1.64. The topological polar surface area (TPSA) is 43.4 Å². The van der Waals surface area contributed by atoms with Gasteiger partial charge in [0.05, 0.1) is 12.5 Å². The van der Waals surface area contributed by atoms with Crippen LogP contribution in [0, 0.1) is 5.41 Å². The minimum atomic E-state index is -0.706. The van der Waals surface area contributed by atoms with Gasteiger partial charge < -0.3 is 4.74 Å². The highest BCUT2D eigenvalue weighted by atomic mass is 16.5. The molecule has 20 heavy (non-hydrogen) atoms. The molecule has 0 radical (unpaired) electrons. The molecule has 3 rings (SSSR count). The molecule has 1 unspecified atom stereocenters. The van der Waals surface area contributed by atoms with Crippen molar-refractivity contribution in [3.63, 3.8) is 0 Å². The van der Waals surface area contributed by atoms with E-state index >= 15 is 0 Å². The Kier molecular flexibility index (Phi) is 3.15. The molecule has 3 nitrogen and oxygen atoms in total. The zero-order valence-electron chi connectivity index (χ0n) is 12.1. The molecule has 0 bridgehead atoms. The van der Waals surface area contributed by atoms with Crippen molar-refractivity contribution < 1.29 is 14.3 Å². The molecule has 0 amide bonds. The summed E-state index contributed by atoms with van der Waals surface area (Å²) in [7, 11) is 1.68. The third-order valence-corrected chi connectivity index (χ3v) is 5.06. The first-order valence-electron chi connectivity index (χ1n) is 7.28. The predicted octanol–water partition coefficient (Wildman–Crippen LogP) is 3.05. The number of hydrogen-bond donors (Lipinski definition) is 0. The average Bonchev–Trinajstić information content (AvgIpc) is 2.67. The first kappa shape index (κ1) is 13.3. The maximum Gasteiger partial charge on any atom is 0.146 e. The third kappa shape index (κ3) is 1.96. The quantitative estimate of drug-likeness (QED) is 0.791. The van der Waals surface area contributed by atoms with Crippen molar-refractivity contribution in [1.82, 2.24) is 0 Å². The predicted molar refractivity (Wildman–Crippen MR) is 76.0 cm³/mol. The maximum absolute atomic E-state index is 11.9. The molecule has 3 heteroatoms. The molecule has 106 valence electrons. The summed E-state index contributed by atoms with van der Waals surface area (Å²) in [6.07, 6.45) is 3.53. The van der Waals surface area contributed by atoms with E-state index in [1.165, 1.54) is 11.1 Å². The van der Waals surface area contributed by atoms with Gasteiger partial charge in [0.15, 0.2) is 0 Å². The third-order valence-electron chi connectivity index (χ3n) is 5.06. The van der Waals surface area contributed by atoms with Crippen LogP contribution in [0.4, 0.5) is 0 Å². The summed E-state index contributed by atoms with van der Waals surface area (Å²) in [4.78, 5) is 23.8. The van der Waals surface area contributed by atoms with Crippen molar-refractivity contribution in [1.29, 1.82) is 0 Å². The molecule has 0 heterocycles. The largest absolute Gasteiger partial charge is 0.497 e. The number of rotatable bonds is 4. The number of fused-ring (bicyclic) bond motifs is 1.